The molecular formula is C16H18N2O3. The molecule has 21 heavy (non-hydrogen) atoms. The zero-order chi connectivity index (χ0) is 14.6. The molecule has 5 heteroatoms. The zero-order valence-electron chi connectivity index (χ0n) is 11.7. The summed E-state index contributed by atoms with van der Waals surface area (Å²) >= 11 is 0. The number of amides is 2. The Kier molecular flexibility index (Phi) is 2.71. The Balaban J connectivity index is 1.63. The summed E-state index contributed by atoms with van der Waals surface area (Å²) in [6.07, 6.45) is 2.50. The number of primary amides is 1. The third kappa shape index (κ3) is 2.07. The van der Waals surface area contributed by atoms with Crippen LogP contribution in [0.2, 0.25) is 0 Å². The molecule has 2 amide bonds. The van der Waals surface area contributed by atoms with Crippen LogP contribution in [0.1, 0.15) is 19.3 Å². The van der Waals surface area contributed by atoms with Crippen LogP contribution in [-0.2, 0) is 9.59 Å². The van der Waals surface area contributed by atoms with E-state index in [1.165, 1.54) is 6.42 Å². The summed E-state index contributed by atoms with van der Waals surface area (Å²) in [7, 11) is 0. The van der Waals surface area contributed by atoms with Gasteiger partial charge in [0.1, 0.15) is 5.75 Å². The number of hydrogen-bond acceptors (Lipinski definition) is 3. The van der Waals surface area contributed by atoms with Gasteiger partial charge in [-0.2, -0.15) is 0 Å². The smallest absolute Gasteiger partial charge is 0.260 e. The summed E-state index contributed by atoms with van der Waals surface area (Å²) in [4.78, 5) is 26.0. The van der Waals surface area contributed by atoms with E-state index in [1.54, 1.807) is 11.0 Å². The Morgan fingerprint density at radius 1 is 1.14 bits per heavy atom. The third-order valence-electron chi connectivity index (χ3n) is 4.95. The zero-order valence-corrected chi connectivity index (χ0v) is 11.7. The normalized spacial score (nSPS) is 32.9. The first-order valence-corrected chi connectivity index (χ1v) is 7.50. The van der Waals surface area contributed by atoms with Gasteiger partial charge in [0.05, 0.1) is 12.2 Å². The molecule has 0 radical (unpaired) electrons. The highest BCUT2D eigenvalue weighted by molar-refractivity contribution is 5.98. The fraction of sp³-hybridized carbons (Fsp3) is 0.500. The lowest BCUT2D eigenvalue weighted by molar-refractivity contribution is -0.126. The minimum absolute atomic E-state index is 0.0911. The topological polar surface area (TPSA) is 72.6 Å². The van der Waals surface area contributed by atoms with E-state index in [9.17, 15) is 9.59 Å². The molecule has 110 valence electrons. The SMILES string of the molecule is NC(=O)C1CN(C(=O)C2CC3CC3C2)c2ccccc2O1. The lowest BCUT2D eigenvalue weighted by Gasteiger charge is -2.35. The van der Waals surface area contributed by atoms with Crippen molar-refractivity contribution in [1.29, 1.82) is 0 Å². The van der Waals surface area contributed by atoms with Crippen molar-refractivity contribution in [3.63, 3.8) is 0 Å². The van der Waals surface area contributed by atoms with E-state index in [-0.39, 0.29) is 18.4 Å². The first-order valence-electron chi connectivity index (χ1n) is 7.50. The molecule has 2 fully saturated rings. The molecule has 5 nitrogen and oxygen atoms in total. The number of fused-ring (bicyclic) bond motifs is 2. The van der Waals surface area contributed by atoms with Gasteiger partial charge in [0.2, 0.25) is 5.91 Å². The fourth-order valence-electron chi connectivity index (χ4n) is 3.73. The van der Waals surface area contributed by atoms with Crippen LogP contribution in [0.4, 0.5) is 5.69 Å². The van der Waals surface area contributed by atoms with Gasteiger partial charge in [-0.1, -0.05) is 12.1 Å². The summed E-state index contributed by atoms with van der Waals surface area (Å²) in [5.41, 5.74) is 6.12. The van der Waals surface area contributed by atoms with Crippen molar-refractivity contribution >= 4 is 17.5 Å². The average Bonchev–Trinajstić information content (AvgIpc) is 3.11. The summed E-state index contributed by atoms with van der Waals surface area (Å²) < 4.78 is 5.60. The van der Waals surface area contributed by atoms with Crippen molar-refractivity contribution in [2.24, 2.45) is 23.5 Å². The van der Waals surface area contributed by atoms with E-state index < -0.39 is 12.0 Å². The lowest BCUT2D eigenvalue weighted by atomic mass is 10.0. The predicted molar refractivity (Wildman–Crippen MR) is 76.7 cm³/mol. The molecule has 4 rings (SSSR count). The highest BCUT2D eigenvalue weighted by atomic mass is 16.5. The maximum atomic E-state index is 12.8. The maximum absolute atomic E-state index is 12.8. The Labute approximate surface area is 123 Å². The number of nitrogens with zero attached hydrogens (tertiary/aromatic N) is 1. The number of nitrogens with two attached hydrogens (primary N) is 1. The van der Waals surface area contributed by atoms with Crippen LogP contribution in [0, 0.1) is 17.8 Å². The third-order valence-corrected chi connectivity index (χ3v) is 4.95. The van der Waals surface area contributed by atoms with E-state index in [2.05, 4.69) is 0 Å². The molecule has 2 N–H and O–H groups in total. The molecule has 3 unspecified atom stereocenters. The van der Waals surface area contributed by atoms with Crippen molar-refractivity contribution in [3.8, 4) is 5.75 Å². The van der Waals surface area contributed by atoms with Crippen molar-refractivity contribution < 1.29 is 14.3 Å². The van der Waals surface area contributed by atoms with Crippen LogP contribution >= 0.6 is 0 Å². The molecule has 1 aromatic rings. The monoisotopic (exact) mass is 286 g/mol. The second-order valence-electron chi connectivity index (χ2n) is 6.35. The summed E-state index contributed by atoms with van der Waals surface area (Å²) in [5, 5.41) is 0. The molecule has 0 bridgehead atoms. The first kappa shape index (κ1) is 12.7. The molecule has 3 atom stereocenters. The van der Waals surface area contributed by atoms with Gasteiger partial charge in [-0.15, -0.1) is 0 Å². The van der Waals surface area contributed by atoms with Crippen LogP contribution in [0.3, 0.4) is 0 Å². The van der Waals surface area contributed by atoms with Crippen LogP contribution < -0.4 is 15.4 Å². The Morgan fingerprint density at radius 2 is 1.86 bits per heavy atom. The van der Waals surface area contributed by atoms with Gasteiger partial charge in [0, 0.05) is 5.92 Å². The standard InChI is InChI=1S/C16H18N2O3/c17-15(19)14-8-18(12-3-1-2-4-13(12)21-14)16(20)11-6-9-5-10(9)7-11/h1-4,9-11,14H,5-8H2,(H2,17,19). The van der Waals surface area contributed by atoms with Gasteiger partial charge in [0.15, 0.2) is 6.10 Å². The second kappa shape index (κ2) is 4.48. The van der Waals surface area contributed by atoms with E-state index in [1.807, 2.05) is 18.2 Å². The average molecular weight is 286 g/mol. The highest BCUT2D eigenvalue weighted by Crippen LogP contribution is 2.55. The fourth-order valence-corrected chi connectivity index (χ4v) is 3.73. The Hall–Kier alpha value is -2.04. The van der Waals surface area contributed by atoms with Crippen molar-refractivity contribution in [1.82, 2.24) is 0 Å². The van der Waals surface area contributed by atoms with E-state index in [4.69, 9.17) is 10.5 Å². The molecule has 0 spiro atoms. The minimum atomic E-state index is -0.764. The Bertz CT molecular complexity index is 605. The van der Waals surface area contributed by atoms with Gasteiger partial charge in [-0.25, -0.2) is 0 Å². The quantitative estimate of drug-likeness (QED) is 0.891. The number of anilines is 1. The maximum Gasteiger partial charge on any atom is 0.260 e. The summed E-state index contributed by atoms with van der Waals surface area (Å²) in [5.74, 6) is 1.74. The summed E-state index contributed by atoms with van der Waals surface area (Å²) in [6.45, 7) is 0.219. The lowest BCUT2D eigenvalue weighted by Crippen LogP contribution is -2.50. The number of rotatable bonds is 2. The number of para-hydroxylation sites is 2. The first-order chi connectivity index (χ1) is 10.1. The van der Waals surface area contributed by atoms with Gasteiger partial charge in [-0.3, -0.25) is 9.59 Å². The Morgan fingerprint density at radius 3 is 2.57 bits per heavy atom. The molecule has 2 saturated carbocycles. The molecule has 2 aliphatic carbocycles. The highest BCUT2D eigenvalue weighted by Gasteiger charge is 2.49. The minimum Gasteiger partial charge on any atom is -0.477 e. The van der Waals surface area contributed by atoms with E-state index in [0.29, 0.717) is 5.75 Å². The largest absolute Gasteiger partial charge is 0.477 e. The molecular weight excluding hydrogens is 268 g/mol. The van der Waals surface area contributed by atoms with E-state index >= 15 is 0 Å². The molecule has 1 aliphatic heterocycles. The second-order valence-corrected chi connectivity index (χ2v) is 6.35. The molecule has 0 aromatic heterocycles. The van der Waals surface area contributed by atoms with Crippen LogP contribution in [0.15, 0.2) is 24.3 Å². The molecule has 0 saturated heterocycles. The number of hydrogen-bond donors (Lipinski definition) is 1. The van der Waals surface area contributed by atoms with Crippen LogP contribution in [0.5, 0.6) is 5.75 Å². The van der Waals surface area contributed by atoms with Gasteiger partial charge in [-0.05, 0) is 43.2 Å². The molecule has 1 heterocycles. The van der Waals surface area contributed by atoms with Gasteiger partial charge in [0.25, 0.3) is 5.91 Å². The number of ether oxygens (including phenoxy) is 1. The van der Waals surface area contributed by atoms with Crippen molar-refractivity contribution in [2.75, 3.05) is 11.4 Å². The van der Waals surface area contributed by atoms with Gasteiger partial charge < -0.3 is 15.4 Å². The van der Waals surface area contributed by atoms with Crippen LogP contribution in [-0.4, -0.2) is 24.5 Å². The number of carbonyl (C=O) groups excluding carboxylic acids is 2. The predicted octanol–water partition coefficient (Wildman–Crippen LogP) is 1.31. The van der Waals surface area contributed by atoms with Crippen molar-refractivity contribution in [3.05, 3.63) is 24.3 Å². The molecule has 3 aliphatic rings. The van der Waals surface area contributed by atoms with Crippen LogP contribution in [0.25, 0.3) is 0 Å². The van der Waals surface area contributed by atoms with Gasteiger partial charge >= 0.3 is 0 Å². The molecule has 1 aromatic carbocycles. The number of benzene rings is 1. The van der Waals surface area contributed by atoms with E-state index in [0.717, 1.165) is 30.4 Å². The summed E-state index contributed by atoms with van der Waals surface area (Å²) in [6, 6.07) is 7.34. The van der Waals surface area contributed by atoms with Crippen molar-refractivity contribution in [2.45, 2.75) is 25.4 Å². The number of carbonyl (C=O) groups is 2.